The van der Waals surface area contributed by atoms with Gasteiger partial charge in [-0.05, 0) is 55.0 Å². The third-order valence-electron chi connectivity index (χ3n) is 3.67. The molecule has 4 heteroatoms. The summed E-state index contributed by atoms with van der Waals surface area (Å²) < 4.78 is 0. The first kappa shape index (κ1) is 13.4. The van der Waals surface area contributed by atoms with Crippen molar-refractivity contribution < 1.29 is 4.79 Å². The number of rotatable bonds is 3. The van der Waals surface area contributed by atoms with E-state index in [0.29, 0.717) is 11.5 Å². The number of carbonyl (C=O) groups is 1. The molecule has 3 rings (SSSR count). The van der Waals surface area contributed by atoms with Crippen molar-refractivity contribution in [2.24, 2.45) is 5.92 Å². The van der Waals surface area contributed by atoms with Gasteiger partial charge in [0.25, 0.3) is 5.91 Å². The Morgan fingerprint density at radius 2 is 2.30 bits per heavy atom. The summed E-state index contributed by atoms with van der Waals surface area (Å²) in [5.74, 6) is 3.04. The minimum Gasteiger partial charge on any atom is -0.352 e. The van der Waals surface area contributed by atoms with E-state index in [0.717, 1.165) is 23.1 Å². The Labute approximate surface area is 123 Å². The fraction of sp³-hybridized carbons (Fsp3) is 0.375. The lowest BCUT2D eigenvalue weighted by molar-refractivity contribution is 0.0948. The Bertz CT molecular complexity index is 635. The minimum atomic E-state index is 0.0179. The molecule has 20 heavy (non-hydrogen) atoms. The van der Waals surface area contributed by atoms with Gasteiger partial charge >= 0.3 is 0 Å². The molecular weight excluding hydrogens is 268 g/mol. The van der Waals surface area contributed by atoms with Crippen LogP contribution < -0.4 is 5.32 Å². The molecule has 2 aromatic rings. The van der Waals surface area contributed by atoms with Crippen LogP contribution in [0.5, 0.6) is 0 Å². The van der Waals surface area contributed by atoms with Crippen molar-refractivity contribution in [1.29, 1.82) is 0 Å². The lowest BCUT2D eigenvalue weighted by atomic mass is 10.1. The number of aryl methyl sites for hydroxylation is 1. The molecule has 104 valence electrons. The number of amides is 1. The highest BCUT2D eigenvalue weighted by atomic mass is 32.2. The summed E-state index contributed by atoms with van der Waals surface area (Å²) in [6.45, 7) is 2.76. The van der Waals surface area contributed by atoms with Crippen LogP contribution in [0.1, 0.15) is 22.5 Å². The molecule has 1 aliphatic rings. The van der Waals surface area contributed by atoms with Gasteiger partial charge in [0, 0.05) is 23.2 Å². The number of nitrogens with one attached hydrogen (secondary N) is 1. The standard InChI is InChI=1S/C16H18N2OS/c1-11-2-3-13-8-14(4-5-15(13)18-11)16(19)17-9-12-6-7-20-10-12/h2-5,8,12H,6-7,9-10H2,1H3,(H,17,19)/t12-/m0/s1. The maximum atomic E-state index is 12.2. The van der Waals surface area contributed by atoms with Crippen LogP contribution in [0, 0.1) is 12.8 Å². The first-order valence-corrected chi connectivity index (χ1v) is 8.11. The highest BCUT2D eigenvalue weighted by Gasteiger charge is 2.16. The van der Waals surface area contributed by atoms with Gasteiger partial charge in [0.2, 0.25) is 0 Å². The molecule has 1 fully saturated rings. The van der Waals surface area contributed by atoms with E-state index in [9.17, 15) is 4.79 Å². The number of hydrogen-bond donors (Lipinski definition) is 1. The smallest absolute Gasteiger partial charge is 0.251 e. The van der Waals surface area contributed by atoms with E-state index in [-0.39, 0.29) is 5.91 Å². The van der Waals surface area contributed by atoms with Gasteiger partial charge in [0.1, 0.15) is 0 Å². The lowest BCUT2D eigenvalue weighted by Gasteiger charge is -2.10. The first-order chi connectivity index (χ1) is 9.72. The molecule has 0 spiro atoms. The van der Waals surface area contributed by atoms with Gasteiger partial charge in [-0.25, -0.2) is 0 Å². The molecule has 1 saturated heterocycles. The van der Waals surface area contributed by atoms with Crippen LogP contribution in [0.2, 0.25) is 0 Å². The molecule has 1 aliphatic heterocycles. The zero-order valence-electron chi connectivity index (χ0n) is 11.6. The molecule has 1 atom stereocenters. The fourth-order valence-electron chi connectivity index (χ4n) is 2.45. The maximum Gasteiger partial charge on any atom is 0.251 e. The summed E-state index contributed by atoms with van der Waals surface area (Å²) in [6.07, 6.45) is 1.21. The quantitative estimate of drug-likeness (QED) is 0.943. The Morgan fingerprint density at radius 1 is 1.40 bits per heavy atom. The molecular formula is C16H18N2OS. The average Bonchev–Trinajstić information content (AvgIpc) is 2.97. The van der Waals surface area contributed by atoms with E-state index in [1.54, 1.807) is 0 Å². The first-order valence-electron chi connectivity index (χ1n) is 6.96. The molecule has 0 bridgehead atoms. The molecule has 0 aliphatic carbocycles. The zero-order valence-corrected chi connectivity index (χ0v) is 12.4. The van der Waals surface area contributed by atoms with Gasteiger partial charge in [-0.1, -0.05) is 6.07 Å². The van der Waals surface area contributed by atoms with E-state index in [1.807, 2.05) is 49.0 Å². The third-order valence-corrected chi connectivity index (χ3v) is 4.90. The van der Waals surface area contributed by atoms with Gasteiger partial charge in [-0.3, -0.25) is 9.78 Å². The fourth-order valence-corrected chi connectivity index (χ4v) is 3.74. The number of hydrogen-bond acceptors (Lipinski definition) is 3. The summed E-state index contributed by atoms with van der Waals surface area (Å²) >= 11 is 1.97. The van der Waals surface area contributed by atoms with Crippen LogP contribution in [-0.4, -0.2) is 28.9 Å². The molecule has 0 saturated carbocycles. The second-order valence-electron chi connectivity index (χ2n) is 5.30. The molecule has 3 nitrogen and oxygen atoms in total. The summed E-state index contributed by atoms with van der Waals surface area (Å²) in [5, 5.41) is 4.06. The summed E-state index contributed by atoms with van der Waals surface area (Å²) in [6, 6.07) is 9.68. The van der Waals surface area contributed by atoms with Crippen molar-refractivity contribution in [3.8, 4) is 0 Å². The van der Waals surface area contributed by atoms with Gasteiger partial charge in [0.05, 0.1) is 5.52 Å². The monoisotopic (exact) mass is 286 g/mol. The van der Waals surface area contributed by atoms with Crippen molar-refractivity contribution in [2.45, 2.75) is 13.3 Å². The highest BCUT2D eigenvalue weighted by molar-refractivity contribution is 7.99. The van der Waals surface area contributed by atoms with E-state index < -0.39 is 0 Å². The Morgan fingerprint density at radius 3 is 3.10 bits per heavy atom. The zero-order chi connectivity index (χ0) is 13.9. The van der Waals surface area contributed by atoms with E-state index in [2.05, 4.69) is 10.3 Å². The van der Waals surface area contributed by atoms with Crippen molar-refractivity contribution in [3.05, 3.63) is 41.6 Å². The minimum absolute atomic E-state index is 0.0179. The topological polar surface area (TPSA) is 42.0 Å². The SMILES string of the molecule is Cc1ccc2cc(C(=O)NC[C@@H]3CCSC3)ccc2n1. The number of aromatic nitrogens is 1. The number of pyridine rings is 1. The molecule has 1 amide bonds. The molecule has 1 N–H and O–H groups in total. The van der Waals surface area contributed by atoms with Crippen LogP contribution in [0.15, 0.2) is 30.3 Å². The Kier molecular flexibility index (Phi) is 3.92. The van der Waals surface area contributed by atoms with Crippen molar-refractivity contribution in [3.63, 3.8) is 0 Å². The normalized spacial score (nSPS) is 18.4. The van der Waals surface area contributed by atoms with Crippen LogP contribution in [-0.2, 0) is 0 Å². The number of carbonyl (C=O) groups excluding carboxylic acids is 1. The summed E-state index contributed by atoms with van der Waals surface area (Å²) in [7, 11) is 0. The van der Waals surface area contributed by atoms with Gasteiger partial charge in [-0.2, -0.15) is 11.8 Å². The van der Waals surface area contributed by atoms with Crippen LogP contribution >= 0.6 is 11.8 Å². The summed E-state index contributed by atoms with van der Waals surface area (Å²) in [5.41, 5.74) is 2.65. The second-order valence-corrected chi connectivity index (χ2v) is 6.45. The number of benzene rings is 1. The number of thioether (sulfide) groups is 1. The molecule has 2 heterocycles. The van der Waals surface area contributed by atoms with Gasteiger partial charge in [0.15, 0.2) is 0 Å². The summed E-state index contributed by atoms with van der Waals surface area (Å²) in [4.78, 5) is 16.6. The van der Waals surface area contributed by atoms with Crippen LogP contribution in [0.4, 0.5) is 0 Å². The second kappa shape index (κ2) is 5.83. The van der Waals surface area contributed by atoms with Crippen LogP contribution in [0.25, 0.3) is 10.9 Å². The van der Waals surface area contributed by atoms with E-state index in [4.69, 9.17) is 0 Å². The van der Waals surface area contributed by atoms with E-state index in [1.165, 1.54) is 17.9 Å². The lowest BCUT2D eigenvalue weighted by Crippen LogP contribution is -2.29. The predicted octanol–water partition coefficient (Wildman–Crippen LogP) is 3.03. The maximum absolute atomic E-state index is 12.2. The largest absolute Gasteiger partial charge is 0.352 e. The number of fused-ring (bicyclic) bond motifs is 1. The van der Waals surface area contributed by atoms with Crippen molar-refractivity contribution >= 4 is 28.6 Å². The van der Waals surface area contributed by atoms with Crippen molar-refractivity contribution in [1.82, 2.24) is 10.3 Å². The molecule has 0 unspecified atom stereocenters. The third kappa shape index (κ3) is 2.96. The molecule has 1 aromatic heterocycles. The highest BCUT2D eigenvalue weighted by Crippen LogP contribution is 2.22. The Balaban J connectivity index is 1.72. The molecule has 1 aromatic carbocycles. The predicted molar refractivity (Wildman–Crippen MR) is 84.2 cm³/mol. The number of nitrogens with zero attached hydrogens (tertiary/aromatic N) is 1. The van der Waals surface area contributed by atoms with Gasteiger partial charge in [-0.15, -0.1) is 0 Å². The average molecular weight is 286 g/mol. The van der Waals surface area contributed by atoms with Gasteiger partial charge < -0.3 is 5.32 Å². The van der Waals surface area contributed by atoms with Crippen molar-refractivity contribution in [2.75, 3.05) is 18.1 Å². The molecule has 0 radical (unpaired) electrons. The Hall–Kier alpha value is -1.55. The van der Waals surface area contributed by atoms with Crippen LogP contribution in [0.3, 0.4) is 0 Å². The van der Waals surface area contributed by atoms with E-state index >= 15 is 0 Å².